The molecule has 0 radical (unpaired) electrons. The number of amides is 2. The first-order valence-corrected chi connectivity index (χ1v) is 9.91. The van der Waals surface area contributed by atoms with Crippen molar-refractivity contribution in [2.45, 2.75) is 64.2 Å². The molecule has 1 N–H and O–H groups in total. The van der Waals surface area contributed by atoms with Crippen molar-refractivity contribution in [1.82, 2.24) is 10.2 Å². The van der Waals surface area contributed by atoms with Gasteiger partial charge in [0.25, 0.3) is 0 Å². The van der Waals surface area contributed by atoms with E-state index in [0.29, 0.717) is 38.5 Å². The molecule has 1 atom stereocenters. The van der Waals surface area contributed by atoms with Crippen LogP contribution < -0.4 is 5.32 Å². The lowest BCUT2D eigenvalue weighted by atomic mass is 9.69. The van der Waals surface area contributed by atoms with Gasteiger partial charge in [0.2, 0.25) is 11.8 Å². The number of hydrogen-bond donors (Lipinski definition) is 1. The smallest absolute Gasteiger partial charge is 0.226 e. The minimum absolute atomic E-state index is 0.0642. The Kier molecular flexibility index (Phi) is 6.15. The molecule has 5 nitrogen and oxygen atoms in total. The molecule has 1 saturated heterocycles. The van der Waals surface area contributed by atoms with E-state index in [0.717, 1.165) is 31.4 Å². The molecule has 0 bridgehead atoms. The van der Waals surface area contributed by atoms with E-state index in [1.54, 1.807) is 7.11 Å². The predicted octanol–water partition coefficient (Wildman–Crippen LogP) is 3.01. The zero-order valence-corrected chi connectivity index (χ0v) is 15.5. The second-order valence-corrected chi connectivity index (χ2v) is 7.93. The largest absolute Gasteiger partial charge is 0.383 e. The summed E-state index contributed by atoms with van der Waals surface area (Å²) in [7, 11) is 1.67. The standard InChI is InChI=1S/C20H32N2O3/c1-25-13-12-22-17-8-4-5-10-20(17,11-9-19(22)24)15-21-18(23)14-16-6-2-3-7-16/h8,16H,2-7,9-15H2,1H3,(H,21,23). The first-order chi connectivity index (χ1) is 12.1. The summed E-state index contributed by atoms with van der Waals surface area (Å²) < 4.78 is 5.19. The van der Waals surface area contributed by atoms with Crippen LogP contribution in [0.25, 0.3) is 0 Å². The molecule has 0 spiro atoms. The number of fused-ring (bicyclic) bond motifs is 1. The van der Waals surface area contributed by atoms with E-state index in [9.17, 15) is 9.59 Å². The molecular formula is C20H32N2O3. The maximum Gasteiger partial charge on any atom is 0.226 e. The van der Waals surface area contributed by atoms with Gasteiger partial charge in [0.05, 0.1) is 6.61 Å². The summed E-state index contributed by atoms with van der Waals surface area (Å²) in [6.45, 7) is 1.83. The molecule has 0 aromatic heterocycles. The molecule has 0 aromatic rings. The van der Waals surface area contributed by atoms with E-state index in [1.807, 2.05) is 4.90 Å². The number of hydrogen-bond acceptors (Lipinski definition) is 3. The number of nitrogens with zero attached hydrogens (tertiary/aromatic N) is 1. The fraction of sp³-hybridized carbons (Fsp3) is 0.800. The molecule has 1 aliphatic heterocycles. The molecule has 3 aliphatic rings. The lowest BCUT2D eigenvalue weighted by molar-refractivity contribution is -0.134. The van der Waals surface area contributed by atoms with Crippen molar-refractivity contribution >= 4 is 11.8 Å². The van der Waals surface area contributed by atoms with E-state index in [-0.39, 0.29) is 17.2 Å². The van der Waals surface area contributed by atoms with Crippen molar-refractivity contribution in [3.8, 4) is 0 Å². The van der Waals surface area contributed by atoms with Crippen LogP contribution in [0.4, 0.5) is 0 Å². The lowest BCUT2D eigenvalue weighted by Crippen LogP contribution is -2.51. The molecule has 1 heterocycles. The molecule has 2 aliphatic carbocycles. The van der Waals surface area contributed by atoms with Gasteiger partial charge in [-0.3, -0.25) is 9.59 Å². The zero-order valence-electron chi connectivity index (χ0n) is 15.5. The van der Waals surface area contributed by atoms with Crippen LogP contribution in [0.3, 0.4) is 0 Å². The highest BCUT2D eigenvalue weighted by molar-refractivity contribution is 5.80. The summed E-state index contributed by atoms with van der Waals surface area (Å²) in [5.74, 6) is 0.953. The van der Waals surface area contributed by atoms with Gasteiger partial charge >= 0.3 is 0 Å². The predicted molar refractivity (Wildman–Crippen MR) is 96.8 cm³/mol. The second-order valence-electron chi connectivity index (χ2n) is 7.93. The highest BCUT2D eigenvalue weighted by Gasteiger charge is 2.44. The van der Waals surface area contributed by atoms with Crippen LogP contribution in [-0.4, -0.2) is 43.5 Å². The van der Waals surface area contributed by atoms with Crippen molar-refractivity contribution in [3.05, 3.63) is 11.8 Å². The van der Waals surface area contributed by atoms with Crippen LogP contribution >= 0.6 is 0 Å². The van der Waals surface area contributed by atoms with Crippen LogP contribution in [0.15, 0.2) is 11.8 Å². The fourth-order valence-corrected chi connectivity index (χ4v) is 4.80. The molecule has 25 heavy (non-hydrogen) atoms. The Morgan fingerprint density at radius 3 is 2.88 bits per heavy atom. The van der Waals surface area contributed by atoms with E-state index in [4.69, 9.17) is 4.74 Å². The summed E-state index contributed by atoms with van der Waals surface area (Å²) in [4.78, 5) is 26.7. The van der Waals surface area contributed by atoms with Gasteiger partial charge in [-0.15, -0.1) is 0 Å². The van der Waals surface area contributed by atoms with Crippen molar-refractivity contribution in [1.29, 1.82) is 0 Å². The van der Waals surface area contributed by atoms with Gasteiger partial charge in [0.15, 0.2) is 0 Å². The molecule has 3 rings (SSSR count). The Morgan fingerprint density at radius 1 is 1.32 bits per heavy atom. The first-order valence-electron chi connectivity index (χ1n) is 9.91. The Balaban J connectivity index is 1.64. The van der Waals surface area contributed by atoms with Gasteiger partial charge in [-0.25, -0.2) is 0 Å². The number of rotatable bonds is 7. The summed E-state index contributed by atoms with van der Waals surface area (Å²) >= 11 is 0. The van der Waals surface area contributed by atoms with Crippen LogP contribution in [0, 0.1) is 11.3 Å². The van der Waals surface area contributed by atoms with Gasteiger partial charge in [-0.1, -0.05) is 18.9 Å². The SMILES string of the molecule is COCCN1C(=O)CCC2(CNC(=O)CC3CCCC3)CCCC=C12. The average molecular weight is 348 g/mol. The van der Waals surface area contributed by atoms with Crippen molar-refractivity contribution in [3.63, 3.8) is 0 Å². The number of allylic oxidation sites excluding steroid dienone is 1. The van der Waals surface area contributed by atoms with Gasteiger partial charge in [0.1, 0.15) is 0 Å². The molecule has 5 heteroatoms. The number of carbonyl (C=O) groups is 2. The monoisotopic (exact) mass is 348 g/mol. The number of nitrogens with one attached hydrogen (secondary N) is 1. The highest BCUT2D eigenvalue weighted by Crippen LogP contribution is 2.46. The number of carbonyl (C=O) groups excluding carboxylic acids is 2. The number of likely N-dealkylation sites (tertiary alicyclic amines) is 1. The Bertz CT molecular complexity index is 525. The third kappa shape index (κ3) is 4.25. The third-order valence-corrected chi connectivity index (χ3v) is 6.24. The van der Waals surface area contributed by atoms with Crippen molar-refractivity contribution < 1.29 is 14.3 Å². The molecule has 0 aromatic carbocycles. The van der Waals surface area contributed by atoms with E-state index < -0.39 is 0 Å². The van der Waals surface area contributed by atoms with Crippen molar-refractivity contribution in [2.75, 3.05) is 26.8 Å². The number of piperidine rings is 1. The molecule has 2 fully saturated rings. The summed E-state index contributed by atoms with van der Waals surface area (Å²) in [6.07, 6.45) is 12.4. The fourth-order valence-electron chi connectivity index (χ4n) is 4.80. The van der Waals surface area contributed by atoms with E-state index in [2.05, 4.69) is 11.4 Å². The van der Waals surface area contributed by atoms with E-state index in [1.165, 1.54) is 25.7 Å². The Morgan fingerprint density at radius 2 is 2.12 bits per heavy atom. The molecular weight excluding hydrogens is 316 g/mol. The van der Waals surface area contributed by atoms with Crippen LogP contribution in [0.1, 0.15) is 64.2 Å². The lowest BCUT2D eigenvalue weighted by Gasteiger charge is -2.47. The molecule has 1 saturated carbocycles. The van der Waals surface area contributed by atoms with Crippen LogP contribution in [0.5, 0.6) is 0 Å². The van der Waals surface area contributed by atoms with E-state index >= 15 is 0 Å². The van der Waals surface area contributed by atoms with Gasteiger partial charge < -0.3 is 15.0 Å². The molecule has 140 valence electrons. The minimum atomic E-state index is -0.0642. The quantitative estimate of drug-likeness (QED) is 0.769. The highest BCUT2D eigenvalue weighted by atomic mass is 16.5. The maximum absolute atomic E-state index is 12.4. The van der Waals surface area contributed by atoms with Crippen LogP contribution in [-0.2, 0) is 14.3 Å². The number of ether oxygens (including phenoxy) is 1. The Hall–Kier alpha value is -1.36. The minimum Gasteiger partial charge on any atom is -0.383 e. The summed E-state index contributed by atoms with van der Waals surface area (Å²) in [6, 6.07) is 0. The maximum atomic E-state index is 12.4. The zero-order chi connectivity index (χ0) is 17.7. The third-order valence-electron chi connectivity index (χ3n) is 6.24. The van der Waals surface area contributed by atoms with Gasteiger partial charge in [-0.2, -0.15) is 0 Å². The molecule has 2 amide bonds. The van der Waals surface area contributed by atoms with Gasteiger partial charge in [-0.05, 0) is 44.4 Å². The van der Waals surface area contributed by atoms with Crippen LogP contribution in [0.2, 0.25) is 0 Å². The number of methoxy groups -OCH3 is 1. The van der Waals surface area contributed by atoms with Crippen molar-refractivity contribution in [2.24, 2.45) is 11.3 Å². The molecule has 1 unspecified atom stereocenters. The Labute approximate surface area is 151 Å². The first kappa shape index (κ1) is 18.4. The second kappa shape index (κ2) is 8.35. The summed E-state index contributed by atoms with van der Waals surface area (Å²) in [5, 5.41) is 3.21. The average Bonchev–Trinajstić information content (AvgIpc) is 3.12. The normalized spacial score (nSPS) is 27.2. The topological polar surface area (TPSA) is 58.6 Å². The van der Waals surface area contributed by atoms with Gasteiger partial charge in [0, 0.05) is 44.2 Å². The summed E-state index contributed by atoms with van der Waals surface area (Å²) in [5.41, 5.74) is 1.07.